The normalized spacial score (nSPS) is 15.9. The number of hydrogen-bond donors (Lipinski definition) is 1. The Bertz CT molecular complexity index is 1210. The van der Waals surface area contributed by atoms with Gasteiger partial charge < -0.3 is 10.2 Å². The number of hydrogen-bond acceptors (Lipinski definition) is 5. The van der Waals surface area contributed by atoms with Gasteiger partial charge in [0.05, 0.1) is 0 Å². The molecule has 1 aliphatic heterocycles. The van der Waals surface area contributed by atoms with Crippen LogP contribution in [0.25, 0.3) is 16.2 Å². The minimum absolute atomic E-state index is 0.278. The molecule has 144 valence electrons. The van der Waals surface area contributed by atoms with Gasteiger partial charge in [-0.2, -0.15) is 0 Å². The Hall–Kier alpha value is -3.52. The molecular formula is C21H15FN4O2S. The van der Waals surface area contributed by atoms with Crippen LogP contribution in [0.15, 0.2) is 71.3 Å². The van der Waals surface area contributed by atoms with Crippen molar-refractivity contribution in [2.75, 3.05) is 5.32 Å². The molecule has 0 saturated heterocycles. The van der Waals surface area contributed by atoms with Crippen LogP contribution in [0.2, 0.25) is 0 Å². The number of carbonyl (C=O) groups excluding carboxylic acids is 1. The van der Waals surface area contributed by atoms with E-state index in [9.17, 15) is 9.18 Å². The molecule has 6 nitrogen and oxygen atoms in total. The Morgan fingerprint density at radius 3 is 2.76 bits per heavy atom. The minimum Gasteiger partial charge on any atom is -0.387 e. The van der Waals surface area contributed by atoms with Gasteiger partial charge in [0.25, 0.3) is 5.91 Å². The van der Waals surface area contributed by atoms with Crippen molar-refractivity contribution in [2.24, 2.45) is 5.16 Å². The monoisotopic (exact) mass is 406 g/mol. The zero-order valence-corrected chi connectivity index (χ0v) is 15.9. The highest BCUT2D eigenvalue weighted by atomic mass is 32.1. The third-order valence-electron chi connectivity index (χ3n) is 4.71. The predicted octanol–water partition coefficient (Wildman–Crippen LogP) is 4.66. The number of thiazole rings is 1. The van der Waals surface area contributed by atoms with E-state index in [-0.39, 0.29) is 17.8 Å². The van der Waals surface area contributed by atoms with Crippen LogP contribution in [0.3, 0.4) is 0 Å². The third kappa shape index (κ3) is 3.27. The maximum absolute atomic E-state index is 13.3. The SMILES string of the molecule is O=C(Nc1c(-c2ccc(F)cc2)nc2sccn12)C1=NOC(c2ccccc2)C1. The van der Waals surface area contributed by atoms with Gasteiger partial charge in [-0.3, -0.25) is 9.20 Å². The van der Waals surface area contributed by atoms with Crippen molar-refractivity contribution < 1.29 is 14.0 Å². The molecule has 5 rings (SSSR count). The first kappa shape index (κ1) is 17.6. The lowest BCUT2D eigenvalue weighted by Crippen LogP contribution is -2.23. The van der Waals surface area contributed by atoms with Crippen LogP contribution < -0.4 is 5.32 Å². The molecule has 0 aliphatic carbocycles. The number of anilines is 1. The maximum Gasteiger partial charge on any atom is 0.274 e. The van der Waals surface area contributed by atoms with Crippen LogP contribution in [-0.2, 0) is 9.63 Å². The van der Waals surface area contributed by atoms with Gasteiger partial charge in [0.15, 0.2) is 11.1 Å². The first-order valence-electron chi connectivity index (χ1n) is 8.99. The highest BCUT2D eigenvalue weighted by Gasteiger charge is 2.28. The number of amides is 1. The summed E-state index contributed by atoms with van der Waals surface area (Å²) in [5.41, 5.74) is 2.57. The summed E-state index contributed by atoms with van der Waals surface area (Å²) in [5.74, 6) is -0.159. The summed E-state index contributed by atoms with van der Waals surface area (Å²) in [6.45, 7) is 0. The lowest BCUT2D eigenvalue weighted by molar-refractivity contribution is -0.110. The lowest BCUT2D eigenvalue weighted by atomic mass is 10.0. The van der Waals surface area contributed by atoms with E-state index in [0.29, 0.717) is 29.2 Å². The van der Waals surface area contributed by atoms with Crippen molar-refractivity contribution in [3.63, 3.8) is 0 Å². The van der Waals surface area contributed by atoms with Crippen molar-refractivity contribution in [3.05, 3.63) is 77.6 Å². The van der Waals surface area contributed by atoms with Crippen LogP contribution in [-0.4, -0.2) is 21.0 Å². The Labute approximate surface area is 169 Å². The summed E-state index contributed by atoms with van der Waals surface area (Å²) < 4.78 is 15.1. The summed E-state index contributed by atoms with van der Waals surface area (Å²) in [7, 11) is 0. The molecule has 0 bridgehead atoms. The van der Waals surface area contributed by atoms with E-state index in [4.69, 9.17) is 4.84 Å². The van der Waals surface area contributed by atoms with Crippen molar-refractivity contribution in [3.8, 4) is 11.3 Å². The van der Waals surface area contributed by atoms with Gasteiger partial charge in [-0.15, -0.1) is 11.3 Å². The molecule has 2 aromatic heterocycles. The smallest absolute Gasteiger partial charge is 0.274 e. The number of benzene rings is 2. The summed E-state index contributed by atoms with van der Waals surface area (Å²) in [4.78, 5) is 23.6. The van der Waals surface area contributed by atoms with Crippen LogP contribution >= 0.6 is 11.3 Å². The second-order valence-corrected chi connectivity index (χ2v) is 7.45. The van der Waals surface area contributed by atoms with Crippen LogP contribution in [0, 0.1) is 5.82 Å². The van der Waals surface area contributed by atoms with Gasteiger partial charge >= 0.3 is 0 Å². The number of oxime groups is 1. The van der Waals surface area contributed by atoms with Gasteiger partial charge in [-0.1, -0.05) is 35.5 Å². The molecule has 3 heterocycles. The highest BCUT2D eigenvalue weighted by Crippen LogP contribution is 2.32. The van der Waals surface area contributed by atoms with Gasteiger partial charge in [-0.05, 0) is 29.8 Å². The Balaban J connectivity index is 1.42. The molecule has 0 saturated carbocycles. The maximum atomic E-state index is 13.3. The van der Waals surface area contributed by atoms with Gasteiger partial charge in [0, 0.05) is 23.6 Å². The number of carbonyl (C=O) groups is 1. The molecule has 1 aliphatic rings. The quantitative estimate of drug-likeness (QED) is 0.536. The largest absolute Gasteiger partial charge is 0.387 e. The fraction of sp³-hybridized carbons (Fsp3) is 0.0952. The number of halogens is 1. The number of fused-ring (bicyclic) bond motifs is 1. The molecule has 1 amide bonds. The van der Waals surface area contributed by atoms with E-state index in [2.05, 4.69) is 15.5 Å². The third-order valence-corrected chi connectivity index (χ3v) is 5.47. The number of nitrogens with one attached hydrogen (secondary N) is 1. The molecule has 1 unspecified atom stereocenters. The first-order chi connectivity index (χ1) is 14.2. The fourth-order valence-electron chi connectivity index (χ4n) is 3.25. The predicted molar refractivity (Wildman–Crippen MR) is 109 cm³/mol. The molecule has 0 spiro atoms. The fourth-order valence-corrected chi connectivity index (χ4v) is 3.97. The lowest BCUT2D eigenvalue weighted by Gasteiger charge is -2.08. The average Bonchev–Trinajstić information content (AvgIpc) is 3.47. The topological polar surface area (TPSA) is 68.0 Å². The summed E-state index contributed by atoms with van der Waals surface area (Å²) in [6, 6.07) is 15.7. The number of imidazole rings is 1. The van der Waals surface area contributed by atoms with E-state index >= 15 is 0 Å². The summed E-state index contributed by atoms with van der Waals surface area (Å²) in [6.07, 6.45) is 1.93. The summed E-state index contributed by atoms with van der Waals surface area (Å²) in [5, 5.41) is 8.78. The number of rotatable bonds is 4. The van der Waals surface area contributed by atoms with Gasteiger partial charge in [0.1, 0.15) is 23.0 Å². The second-order valence-electron chi connectivity index (χ2n) is 6.57. The van der Waals surface area contributed by atoms with Crippen LogP contribution in [0.1, 0.15) is 18.1 Å². The summed E-state index contributed by atoms with van der Waals surface area (Å²) >= 11 is 1.45. The zero-order valence-electron chi connectivity index (χ0n) is 15.1. The van der Waals surface area contributed by atoms with Gasteiger partial charge in [-0.25, -0.2) is 9.37 Å². The minimum atomic E-state index is -0.347. The molecule has 1 atom stereocenters. The van der Waals surface area contributed by atoms with Crippen LogP contribution in [0.5, 0.6) is 0 Å². The van der Waals surface area contributed by atoms with E-state index in [1.54, 1.807) is 16.5 Å². The number of aromatic nitrogens is 2. The second kappa shape index (κ2) is 7.14. The molecule has 29 heavy (non-hydrogen) atoms. The molecule has 8 heteroatoms. The standard InChI is InChI=1S/C21H15FN4O2S/c22-15-8-6-14(7-9-15)18-19(26-10-11-29-21(26)23-18)24-20(27)16-12-17(28-25-16)13-4-2-1-3-5-13/h1-11,17H,12H2,(H,24,27). The first-order valence-corrected chi connectivity index (χ1v) is 9.87. The van der Waals surface area contributed by atoms with Crippen molar-refractivity contribution in [2.45, 2.75) is 12.5 Å². The molecule has 1 N–H and O–H groups in total. The molecular weight excluding hydrogens is 391 g/mol. The highest BCUT2D eigenvalue weighted by molar-refractivity contribution is 7.15. The Morgan fingerprint density at radius 1 is 1.17 bits per heavy atom. The van der Waals surface area contributed by atoms with E-state index in [0.717, 1.165) is 10.5 Å². The van der Waals surface area contributed by atoms with E-state index in [1.165, 1.54) is 23.5 Å². The molecule has 4 aromatic rings. The van der Waals surface area contributed by atoms with Crippen molar-refractivity contribution in [1.82, 2.24) is 9.38 Å². The molecule has 0 radical (unpaired) electrons. The van der Waals surface area contributed by atoms with E-state index < -0.39 is 0 Å². The van der Waals surface area contributed by atoms with E-state index in [1.807, 2.05) is 41.9 Å². The van der Waals surface area contributed by atoms with Gasteiger partial charge in [0.2, 0.25) is 0 Å². The van der Waals surface area contributed by atoms with Crippen molar-refractivity contribution in [1.29, 1.82) is 0 Å². The Morgan fingerprint density at radius 2 is 1.97 bits per heavy atom. The number of nitrogens with zero attached hydrogens (tertiary/aromatic N) is 3. The zero-order chi connectivity index (χ0) is 19.8. The van der Waals surface area contributed by atoms with Crippen molar-refractivity contribution >= 4 is 33.7 Å². The molecule has 0 fully saturated rings. The average molecular weight is 406 g/mol. The molecule has 2 aromatic carbocycles. The van der Waals surface area contributed by atoms with Crippen LogP contribution in [0.4, 0.5) is 10.2 Å². The Kier molecular flexibility index (Phi) is 4.33.